The molecular formula is C16H21ClN2O5. The molecule has 132 valence electrons. The van der Waals surface area contributed by atoms with E-state index in [1.807, 2.05) is 0 Å². The molecule has 1 aromatic carbocycles. The average Bonchev–Trinajstić information content (AvgIpc) is 2.60. The van der Waals surface area contributed by atoms with E-state index in [2.05, 4.69) is 5.32 Å². The lowest BCUT2D eigenvalue weighted by molar-refractivity contribution is -0.130. The van der Waals surface area contributed by atoms with E-state index in [1.54, 1.807) is 12.1 Å². The van der Waals surface area contributed by atoms with Gasteiger partial charge in [0.2, 0.25) is 5.91 Å². The number of hydrogen-bond donors (Lipinski definition) is 3. The first-order valence-electron chi connectivity index (χ1n) is 7.92. The van der Waals surface area contributed by atoms with Gasteiger partial charge in [-0.15, -0.1) is 0 Å². The van der Waals surface area contributed by atoms with E-state index in [0.717, 1.165) is 0 Å². The number of halogens is 1. The molecule has 1 amide bonds. The van der Waals surface area contributed by atoms with Crippen molar-refractivity contribution in [2.24, 2.45) is 5.73 Å². The van der Waals surface area contributed by atoms with Crippen LogP contribution in [0, 0.1) is 0 Å². The van der Waals surface area contributed by atoms with Gasteiger partial charge in [-0.3, -0.25) is 4.79 Å². The zero-order valence-corrected chi connectivity index (χ0v) is 14.0. The molecule has 0 saturated carbocycles. The third-order valence-electron chi connectivity index (χ3n) is 4.30. The minimum atomic E-state index is -0.942. The Bertz CT molecular complexity index is 619. The molecule has 1 unspecified atom stereocenters. The Morgan fingerprint density at radius 1 is 1.29 bits per heavy atom. The summed E-state index contributed by atoms with van der Waals surface area (Å²) in [7, 11) is 0. The zero-order valence-electron chi connectivity index (χ0n) is 13.2. The number of aliphatic hydroxyl groups is 1. The van der Waals surface area contributed by atoms with Gasteiger partial charge in [0.05, 0.1) is 16.7 Å². The topological polar surface area (TPSA) is 103 Å². The third-order valence-corrected chi connectivity index (χ3v) is 4.58. The fourth-order valence-corrected chi connectivity index (χ4v) is 3.04. The van der Waals surface area contributed by atoms with Crippen LogP contribution in [0.4, 0.5) is 0 Å². The summed E-state index contributed by atoms with van der Waals surface area (Å²) in [4.78, 5) is 12.3. The molecule has 8 heteroatoms. The van der Waals surface area contributed by atoms with Crippen LogP contribution in [0.25, 0.3) is 0 Å². The Balaban J connectivity index is 1.63. The van der Waals surface area contributed by atoms with Gasteiger partial charge in [-0.1, -0.05) is 11.6 Å². The van der Waals surface area contributed by atoms with Gasteiger partial charge in [0.25, 0.3) is 0 Å². The van der Waals surface area contributed by atoms with Crippen LogP contribution in [0.5, 0.6) is 11.5 Å². The van der Waals surface area contributed by atoms with Crippen molar-refractivity contribution in [3.8, 4) is 11.5 Å². The summed E-state index contributed by atoms with van der Waals surface area (Å²) in [6.07, 6.45) is 0.000890. The molecule has 2 heterocycles. The number of carbonyl (C=O) groups is 1. The second kappa shape index (κ2) is 7.14. The van der Waals surface area contributed by atoms with Crippen LogP contribution in [0.3, 0.4) is 0 Å². The maximum Gasteiger partial charge on any atom is 0.240 e. The lowest BCUT2D eigenvalue weighted by Gasteiger charge is -2.32. The number of carbonyl (C=O) groups excluding carboxylic acids is 1. The van der Waals surface area contributed by atoms with Gasteiger partial charge < -0.3 is 30.4 Å². The number of aliphatic hydroxyl groups excluding tert-OH is 1. The minimum Gasteiger partial charge on any atom is -0.486 e. The first-order chi connectivity index (χ1) is 11.5. The summed E-state index contributed by atoms with van der Waals surface area (Å²) in [5, 5.41) is 13.4. The number of benzene rings is 1. The van der Waals surface area contributed by atoms with Crippen LogP contribution in [0.2, 0.25) is 5.02 Å². The highest BCUT2D eigenvalue weighted by atomic mass is 35.5. The highest BCUT2D eigenvalue weighted by Gasteiger charge is 2.36. The van der Waals surface area contributed by atoms with Crippen molar-refractivity contribution < 1.29 is 24.1 Å². The fraction of sp³-hybridized carbons (Fsp3) is 0.562. The first-order valence-corrected chi connectivity index (χ1v) is 8.29. The van der Waals surface area contributed by atoms with Crippen LogP contribution in [-0.2, 0) is 9.53 Å². The van der Waals surface area contributed by atoms with E-state index in [-0.39, 0.29) is 12.5 Å². The molecule has 0 radical (unpaired) electrons. The molecule has 1 saturated heterocycles. The van der Waals surface area contributed by atoms with Crippen molar-refractivity contribution in [2.45, 2.75) is 24.5 Å². The van der Waals surface area contributed by atoms with Crippen LogP contribution >= 0.6 is 11.6 Å². The monoisotopic (exact) mass is 356 g/mol. The Morgan fingerprint density at radius 2 is 2.00 bits per heavy atom. The average molecular weight is 357 g/mol. The molecule has 0 aromatic heterocycles. The largest absolute Gasteiger partial charge is 0.486 e. The van der Waals surface area contributed by atoms with E-state index < -0.39 is 11.6 Å². The molecule has 3 rings (SSSR count). The van der Waals surface area contributed by atoms with Crippen LogP contribution < -0.4 is 20.5 Å². The highest BCUT2D eigenvalue weighted by Crippen LogP contribution is 2.39. The van der Waals surface area contributed by atoms with Crippen molar-refractivity contribution in [1.29, 1.82) is 0 Å². The maximum absolute atomic E-state index is 12.3. The molecule has 0 spiro atoms. The Kier molecular flexibility index (Phi) is 5.15. The number of hydrogen-bond acceptors (Lipinski definition) is 6. The molecule has 2 aliphatic heterocycles. The van der Waals surface area contributed by atoms with Crippen molar-refractivity contribution in [2.75, 3.05) is 33.0 Å². The Labute approximate surface area is 145 Å². The molecule has 4 N–H and O–H groups in total. The van der Waals surface area contributed by atoms with Crippen LogP contribution in [0.1, 0.15) is 24.5 Å². The first kappa shape index (κ1) is 17.3. The second-order valence-electron chi connectivity index (χ2n) is 6.02. The summed E-state index contributed by atoms with van der Waals surface area (Å²) >= 11 is 6.16. The standard InChI is InChI=1S/C16H21ClN2O5/c17-11-7-10(8-13-14(11)24-6-5-23-13)12(20)9-19-15(21)16(18)1-3-22-4-2-16/h7-8,12,20H,1-6,9,18H2,(H,19,21). The quantitative estimate of drug-likeness (QED) is 0.736. The highest BCUT2D eigenvalue weighted by molar-refractivity contribution is 6.32. The van der Waals surface area contributed by atoms with Crippen LogP contribution in [0.15, 0.2) is 12.1 Å². The third kappa shape index (κ3) is 3.59. The second-order valence-corrected chi connectivity index (χ2v) is 6.43. The van der Waals surface area contributed by atoms with Gasteiger partial charge in [0, 0.05) is 19.8 Å². The van der Waals surface area contributed by atoms with E-state index in [4.69, 9.17) is 31.5 Å². The SMILES string of the molecule is NC1(C(=O)NCC(O)c2cc(Cl)c3c(c2)OCCO3)CCOCC1. The van der Waals surface area contributed by atoms with Gasteiger partial charge in [-0.25, -0.2) is 0 Å². The Morgan fingerprint density at radius 3 is 2.75 bits per heavy atom. The molecule has 1 atom stereocenters. The van der Waals surface area contributed by atoms with Crippen molar-refractivity contribution in [3.63, 3.8) is 0 Å². The number of amides is 1. The summed E-state index contributed by atoms with van der Waals surface area (Å²) in [5.74, 6) is 0.688. The van der Waals surface area contributed by atoms with Gasteiger partial charge in [-0.2, -0.15) is 0 Å². The lowest BCUT2D eigenvalue weighted by Crippen LogP contribution is -2.57. The van der Waals surface area contributed by atoms with E-state index in [0.29, 0.717) is 61.4 Å². The number of nitrogens with one attached hydrogen (secondary N) is 1. The number of ether oxygens (including phenoxy) is 3. The predicted molar refractivity (Wildman–Crippen MR) is 87.4 cm³/mol. The van der Waals surface area contributed by atoms with E-state index in [1.165, 1.54) is 0 Å². The Hall–Kier alpha value is -1.54. The smallest absolute Gasteiger partial charge is 0.240 e. The summed E-state index contributed by atoms with van der Waals surface area (Å²) in [5.41, 5.74) is 5.71. The van der Waals surface area contributed by atoms with Crippen molar-refractivity contribution >= 4 is 17.5 Å². The van der Waals surface area contributed by atoms with E-state index >= 15 is 0 Å². The van der Waals surface area contributed by atoms with E-state index in [9.17, 15) is 9.90 Å². The fourth-order valence-electron chi connectivity index (χ4n) is 2.77. The summed E-state index contributed by atoms with van der Waals surface area (Å²) in [6, 6.07) is 3.28. The molecule has 0 bridgehead atoms. The van der Waals surface area contributed by atoms with Gasteiger partial charge >= 0.3 is 0 Å². The number of nitrogens with two attached hydrogens (primary N) is 1. The molecule has 1 aromatic rings. The van der Waals surface area contributed by atoms with Crippen LogP contribution in [-0.4, -0.2) is 49.5 Å². The normalized spacial score (nSPS) is 20.3. The maximum atomic E-state index is 12.3. The van der Waals surface area contributed by atoms with Crippen molar-refractivity contribution in [3.05, 3.63) is 22.7 Å². The summed E-state index contributed by atoms with van der Waals surface area (Å²) < 4.78 is 16.2. The van der Waals surface area contributed by atoms with Gasteiger partial charge in [-0.05, 0) is 30.5 Å². The van der Waals surface area contributed by atoms with Gasteiger partial charge in [0.15, 0.2) is 11.5 Å². The number of fused-ring (bicyclic) bond motifs is 1. The molecule has 0 aliphatic carbocycles. The molecule has 1 fully saturated rings. The number of rotatable bonds is 4. The minimum absolute atomic E-state index is 0.0363. The molecule has 2 aliphatic rings. The summed E-state index contributed by atoms with van der Waals surface area (Å²) in [6.45, 7) is 1.83. The molecule has 24 heavy (non-hydrogen) atoms. The van der Waals surface area contributed by atoms with Gasteiger partial charge in [0.1, 0.15) is 13.2 Å². The molecule has 7 nitrogen and oxygen atoms in total. The molecular weight excluding hydrogens is 336 g/mol. The zero-order chi connectivity index (χ0) is 17.2. The predicted octanol–water partition coefficient (Wildman–Crippen LogP) is 0.769. The lowest BCUT2D eigenvalue weighted by atomic mass is 9.90. The van der Waals surface area contributed by atoms with Crippen molar-refractivity contribution in [1.82, 2.24) is 5.32 Å².